The van der Waals surface area contributed by atoms with Gasteiger partial charge in [-0.2, -0.15) is 0 Å². The Bertz CT molecular complexity index is 490. The van der Waals surface area contributed by atoms with E-state index in [1.54, 1.807) is 0 Å². The van der Waals surface area contributed by atoms with Crippen LogP contribution >= 0.6 is 0 Å². The van der Waals surface area contributed by atoms with E-state index in [4.69, 9.17) is 0 Å². The molecular weight excluding hydrogens is 248 g/mol. The molecule has 1 aliphatic rings. The normalized spacial score (nSPS) is 26.8. The first-order valence-electron chi connectivity index (χ1n) is 7.70. The van der Waals surface area contributed by atoms with Gasteiger partial charge in [0.05, 0.1) is 5.92 Å². The van der Waals surface area contributed by atoms with E-state index in [2.05, 4.69) is 45.9 Å². The summed E-state index contributed by atoms with van der Waals surface area (Å²) in [5.74, 6) is 0.616. The van der Waals surface area contributed by atoms with Crippen molar-refractivity contribution >= 4 is 5.97 Å². The SMILES string of the molecule is Cc1ccc(C)c(C2CC(C(C)C)CCC2C(=O)O)c1. The number of carbonyl (C=O) groups is 1. The lowest BCUT2D eigenvalue weighted by molar-refractivity contribution is -0.144. The Morgan fingerprint density at radius 2 is 1.95 bits per heavy atom. The van der Waals surface area contributed by atoms with Gasteiger partial charge in [-0.3, -0.25) is 4.79 Å². The molecule has 0 saturated heterocycles. The van der Waals surface area contributed by atoms with Crippen molar-refractivity contribution in [3.8, 4) is 0 Å². The highest BCUT2D eigenvalue weighted by molar-refractivity contribution is 5.71. The lowest BCUT2D eigenvalue weighted by Crippen LogP contribution is -2.31. The first-order valence-corrected chi connectivity index (χ1v) is 7.70. The zero-order valence-corrected chi connectivity index (χ0v) is 13.0. The van der Waals surface area contributed by atoms with E-state index < -0.39 is 5.97 Å². The number of carboxylic acid groups (broad SMARTS) is 1. The minimum absolute atomic E-state index is 0.175. The van der Waals surface area contributed by atoms with Crippen LogP contribution in [-0.4, -0.2) is 11.1 Å². The Morgan fingerprint density at radius 1 is 1.25 bits per heavy atom. The van der Waals surface area contributed by atoms with Crippen molar-refractivity contribution in [2.75, 3.05) is 0 Å². The maximum atomic E-state index is 11.6. The molecule has 0 amide bonds. The average molecular weight is 274 g/mol. The predicted molar refractivity (Wildman–Crippen MR) is 82.0 cm³/mol. The Morgan fingerprint density at radius 3 is 2.55 bits per heavy atom. The van der Waals surface area contributed by atoms with E-state index >= 15 is 0 Å². The molecule has 2 heteroatoms. The van der Waals surface area contributed by atoms with Crippen LogP contribution in [0.15, 0.2) is 18.2 Å². The lowest BCUT2D eigenvalue weighted by Gasteiger charge is -2.37. The van der Waals surface area contributed by atoms with Crippen molar-refractivity contribution < 1.29 is 9.90 Å². The van der Waals surface area contributed by atoms with Crippen LogP contribution < -0.4 is 0 Å². The first-order chi connectivity index (χ1) is 9.40. The van der Waals surface area contributed by atoms with E-state index in [0.717, 1.165) is 19.3 Å². The summed E-state index contributed by atoms with van der Waals surface area (Å²) >= 11 is 0. The largest absolute Gasteiger partial charge is 0.481 e. The van der Waals surface area contributed by atoms with E-state index in [9.17, 15) is 9.90 Å². The molecule has 0 aromatic heterocycles. The summed E-state index contributed by atoms with van der Waals surface area (Å²) in [6.45, 7) is 8.70. The Hall–Kier alpha value is -1.31. The molecule has 1 fully saturated rings. The van der Waals surface area contributed by atoms with Gasteiger partial charge < -0.3 is 5.11 Å². The summed E-state index contributed by atoms with van der Waals surface area (Å²) < 4.78 is 0. The third-order valence-electron chi connectivity index (χ3n) is 4.99. The van der Waals surface area contributed by atoms with Crippen molar-refractivity contribution in [2.24, 2.45) is 17.8 Å². The fourth-order valence-corrected chi connectivity index (χ4v) is 3.61. The first kappa shape index (κ1) is 15.1. The predicted octanol–water partition coefficient (Wildman–Crippen LogP) is 4.54. The fourth-order valence-electron chi connectivity index (χ4n) is 3.61. The number of rotatable bonds is 3. The Balaban J connectivity index is 2.36. The molecule has 3 unspecified atom stereocenters. The molecule has 0 spiro atoms. The van der Waals surface area contributed by atoms with Crippen molar-refractivity contribution in [1.82, 2.24) is 0 Å². The number of aryl methyl sites for hydroxylation is 2. The van der Waals surface area contributed by atoms with E-state index in [1.807, 2.05) is 0 Å². The van der Waals surface area contributed by atoms with Crippen LogP contribution in [-0.2, 0) is 4.79 Å². The molecule has 1 saturated carbocycles. The van der Waals surface area contributed by atoms with Crippen LogP contribution in [0.25, 0.3) is 0 Å². The van der Waals surface area contributed by atoms with Gasteiger partial charge in [0.1, 0.15) is 0 Å². The number of carboxylic acids is 1. The highest BCUT2D eigenvalue weighted by Gasteiger charge is 2.37. The topological polar surface area (TPSA) is 37.3 Å². The summed E-state index contributed by atoms with van der Waals surface area (Å²) in [4.78, 5) is 11.6. The van der Waals surface area contributed by atoms with Gasteiger partial charge in [0.15, 0.2) is 0 Å². The number of benzene rings is 1. The quantitative estimate of drug-likeness (QED) is 0.878. The standard InChI is InChI=1S/C18H26O2/c1-11(2)14-7-8-15(18(19)20)17(10-14)16-9-12(3)5-6-13(16)4/h5-6,9,11,14-15,17H,7-8,10H2,1-4H3,(H,19,20). The summed E-state index contributed by atoms with van der Waals surface area (Å²) in [5.41, 5.74) is 3.71. The Kier molecular flexibility index (Phi) is 4.52. The zero-order chi connectivity index (χ0) is 14.9. The monoisotopic (exact) mass is 274 g/mol. The Labute approximate surface area is 122 Å². The van der Waals surface area contributed by atoms with Crippen LogP contribution in [0.3, 0.4) is 0 Å². The molecule has 0 heterocycles. The van der Waals surface area contributed by atoms with Gasteiger partial charge >= 0.3 is 5.97 Å². The summed E-state index contributed by atoms with van der Waals surface area (Å²) in [5, 5.41) is 9.56. The van der Waals surface area contributed by atoms with Gasteiger partial charge in [0.25, 0.3) is 0 Å². The van der Waals surface area contributed by atoms with Crippen LogP contribution in [0.2, 0.25) is 0 Å². The van der Waals surface area contributed by atoms with Gasteiger partial charge in [-0.15, -0.1) is 0 Å². The summed E-state index contributed by atoms with van der Waals surface area (Å²) in [7, 11) is 0. The highest BCUT2D eigenvalue weighted by Crippen LogP contribution is 2.44. The minimum atomic E-state index is -0.627. The van der Waals surface area contributed by atoms with Crippen LogP contribution in [0.5, 0.6) is 0 Å². The molecule has 0 aliphatic heterocycles. The molecule has 1 aromatic carbocycles. The number of hydrogen-bond acceptors (Lipinski definition) is 1. The van der Waals surface area contributed by atoms with E-state index in [-0.39, 0.29) is 11.8 Å². The van der Waals surface area contributed by atoms with Crippen molar-refractivity contribution in [2.45, 2.75) is 52.9 Å². The molecule has 3 atom stereocenters. The van der Waals surface area contributed by atoms with E-state index in [1.165, 1.54) is 16.7 Å². The highest BCUT2D eigenvalue weighted by atomic mass is 16.4. The second kappa shape index (κ2) is 5.99. The van der Waals surface area contributed by atoms with Crippen molar-refractivity contribution in [3.63, 3.8) is 0 Å². The molecule has 2 rings (SSSR count). The van der Waals surface area contributed by atoms with Gasteiger partial charge in [-0.25, -0.2) is 0 Å². The maximum Gasteiger partial charge on any atom is 0.307 e. The zero-order valence-electron chi connectivity index (χ0n) is 13.0. The fraction of sp³-hybridized carbons (Fsp3) is 0.611. The van der Waals surface area contributed by atoms with Crippen molar-refractivity contribution in [1.29, 1.82) is 0 Å². The molecule has 20 heavy (non-hydrogen) atoms. The molecule has 2 nitrogen and oxygen atoms in total. The molecular formula is C18H26O2. The van der Waals surface area contributed by atoms with Crippen LogP contribution in [0.1, 0.15) is 55.7 Å². The van der Waals surface area contributed by atoms with Gasteiger partial charge in [0.2, 0.25) is 0 Å². The van der Waals surface area contributed by atoms with Gasteiger partial charge in [0, 0.05) is 0 Å². The summed E-state index contributed by atoms with van der Waals surface area (Å²) in [6, 6.07) is 6.43. The number of hydrogen-bond donors (Lipinski definition) is 1. The van der Waals surface area contributed by atoms with Crippen molar-refractivity contribution in [3.05, 3.63) is 34.9 Å². The van der Waals surface area contributed by atoms with Gasteiger partial charge in [-0.05, 0) is 62.0 Å². The lowest BCUT2D eigenvalue weighted by atomic mass is 9.67. The molecule has 0 bridgehead atoms. The second-order valence-corrected chi connectivity index (χ2v) is 6.73. The second-order valence-electron chi connectivity index (χ2n) is 6.73. The molecule has 1 aromatic rings. The molecule has 1 aliphatic carbocycles. The van der Waals surface area contributed by atoms with Gasteiger partial charge in [-0.1, -0.05) is 37.6 Å². The molecule has 1 N–H and O–H groups in total. The van der Waals surface area contributed by atoms with Crippen LogP contribution in [0, 0.1) is 31.6 Å². The van der Waals surface area contributed by atoms with E-state index in [0.29, 0.717) is 11.8 Å². The minimum Gasteiger partial charge on any atom is -0.481 e. The average Bonchev–Trinajstić information content (AvgIpc) is 2.40. The summed E-state index contributed by atoms with van der Waals surface area (Å²) in [6.07, 6.45) is 2.88. The maximum absolute atomic E-state index is 11.6. The number of aliphatic carboxylic acids is 1. The third-order valence-corrected chi connectivity index (χ3v) is 4.99. The molecule has 0 radical (unpaired) electrons. The van der Waals surface area contributed by atoms with Crippen LogP contribution in [0.4, 0.5) is 0 Å². The third kappa shape index (κ3) is 3.05. The smallest absolute Gasteiger partial charge is 0.307 e. The molecule has 110 valence electrons.